The lowest BCUT2D eigenvalue weighted by Crippen LogP contribution is -2.51. The topological polar surface area (TPSA) is 58.6 Å². The van der Waals surface area contributed by atoms with Gasteiger partial charge in [0.1, 0.15) is 17.6 Å². The third-order valence-corrected chi connectivity index (χ3v) is 5.79. The van der Waals surface area contributed by atoms with Crippen molar-refractivity contribution in [1.82, 2.24) is 10.2 Å². The number of halogens is 3. The van der Waals surface area contributed by atoms with Crippen molar-refractivity contribution in [3.05, 3.63) is 99.8 Å². The number of ether oxygens (including phenoxy) is 1. The molecule has 0 aliphatic carbocycles. The summed E-state index contributed by atoms with van der Waals surface area (Å²) in [5.74, 6) is -0.858. The van der Waals surface area contributed by atoms with E-state index in [0.29, 0.717) is 21.4 Å². The molecule has 0 unspecified atom stereocenters. The standard InChI is InChI=1S/C25H23Cl2FN2O3/c1-29-25(32)23(14-17-6-3-2-4-7-17)30(15-20-21(26)8-5-9-22(20)27)24(31)16-33-19-12-10-18(28)11-13-19/h2-13,23H,14-16H2,1H3,(H,29,32)/t23-/m1/s1. The van der Waals surface area contributed by atoms with E-state index in [9.17, 15) is 14.0 Å². The summed E-state index contributed by atoms with van der Waals surface area (Å²) in [5.41, 5.74) is 1.41. The Labute approximate surface area is 202 Å². The first-order valence-electron chi connectivity index (χ1n) is 10.2. The molecule has 0 bridgehead atoms. The van der Waals surface area contributed by atoms with Crippen molar-refractivity contribution in [3.8, 4) is 5.75 Å². The van der Waals surface area contributed by atoms with E-state index in [-0.39, 0.29) is 25.5 Å². The number of amides is 2. The SMILES string of the molecule is CNC(=O)[C@@H](Cc1ccccc1)N(Cc1c(Cl)cccc1Cl)C(=O)COc1ccc(F)cc1. The lowest BCUT2D eigenvalue weighted by molar-refractivity contribution is -0.142. The Balaban J connectivity index is 1.91. The van der Waals surface area contributed by atoms with E-state index in [4.69, 9.17) is 27.9 Å². The molecular formula is C25H23Cl2FN2O3. The average molecular weight is 489 g/mol. The number of hydrogen-bond donors (Lipinski definition) is 1. The quantitative estimate of drug-likeness (QED) is 0.466. The highest BCUT2D eigenvalue weighted by atomic mass is 35.5. The third kappa shape index (κ3) is 6.70. The minimum Gasteiger partial charge on any atom is -0.484 e. The van der Waals surface area contributed by atoms with Crippen LogP contribution >= 0.6 is 23.2 Å². The summed E-state index contributed by atoms with van der Waals surface area (Å²) < 4.78 is 18.7. The molecule has 0 aliphatic rings. The molecule has 0 radical (unpaired) electrons. The minimum atomic E-state index is -0.839. The van der Waals surface area contributed by atoms with Crippen LogP contribution in [-0.2, 0) is 22.6 Å². The van der Waals surface area contributed by atoms with Gasteiger partial charge in [-0.25, -0.2) is 4.39 Å². The summed E-state index contributed by atoms with van der Waals surface area (Å²) in [4.78, 5) is 27.6. The van der Waals surface area contributed by atoms with Crippen LogP contribution in [0.1, 0.15) is 11.1 Å². The molecule has 5 nitrogen and oxygen atoms in total. The molecule has 1 atom stereocenters. The molecule has 0 heterocycles. The zero-order chi connectivity index (χ0) is 23.8. The van der Waals surface area contributed by atoms with Crippen LogP contribution in [0.15, 0.2) is 72.8 Å². The van der Waals surface area contributed by atoms with Crippen molar-refractivity contribution < 1.29 is 18.7 Å². The van der Waals surface area contributed by atoms with Gasteiger partial charge < -0.3 is 15.0 Å². The number of hydrogen-bond acceptors (Lipinski definition) is 3. The van der Waals surface area contributed by atoms with E-state index < -0.39 is 17.8 Å². The van der Waals surface area contributed by atoms with Gasteiger partial charge in [0.2, 0.25) is 5.91 Å². The molecule has 3 aromatic carbocycles. The van der Waals surface area contributed by atoms with E-state index in [0.717, 1.165) is 5.56 Å². The minimum absolute atomic E-state index is 0.00897. The predicted octanol–water partition coefficient (Wildman–Crippen LogP) is 4.90. The summed E-state index contributed by atoms with van der Waals surface area (Å²) >= 11 is 12.7. The van der Waals surface area contributed by atoms with Gasteiger partial charge in [-0.05, 0) is 42.0 Å². The number of benzene rings is 3. The molecule has 0 saturated heterocycles. The Kier molecular flexibility index (Phi) is 8.69. The first-order valence-corrected chi connectivity index (χ1v) is 11.0. The number of rotatable bonds is 9. The first-order chi connectivity index (χ1) is 15.9. The van der Waals surface area contributed by atoms with E-state index in [2.05, 4.69) is 5.32 Å². The van der Waals surface area contributed by atoms with Gasteiger partial charge in [0.05, 0.1) is 0 Å². The second-order valence-corrected chi connectivity index (χ2v) is 8.10. The largest absolute Gasteiger partial charge is 0.484 e. The second kappa shape index (κ2) is 11.7. The highest BCUT2D eigenvalue weighted by Crippen LogP contribution is 2.27. The monoisotopic (exact) mass is 488 g/mol. The summed E-state index contributed by atoms with van der Waals surface area (Å²) in [5, 5.41) is 3.40. The molecule has 2 amide bonds. The molecule has 3 aromatic rings. The first kappa shape index (κ1) is 24.6. The van der Waals surface area contributed by atoms with Gasteiger partial charge in [-0.15, -0.1) is 0 Å². The normalized spacial score (nSPS) is 11.5. The lowest BCUT2D eigenvalue weighted by Gasteiger charge is -2.31. The highest BCUT2D eigenvalue weighted by molar-refractivity contribution is 6.36. The molecule has 172 valence electrons. The third-order valence-electron chi connectivity index (χ3n) is 5.08. The van der Waals surface area contributed by atoms with Crippen molar-refractivity contribution in [3.63, 3.8) is 0 Å². The van der Waals surface area contributed by atoms with Crippen molar-refractivity contribution in [2.75, 3.05) is 13.7 Å². The number of likely N-dealkylation sites (N-methyl/N-ethyl adjacent to an activating group) is 1. The van der Waals surface area contributed by atoms with Crippen LogP contribution in [-0.4, -0.2) is 36.4 Å². The number of carbonyl (C=O) groups excluding carboxylic acids is 2. The van der Waals surface area contributed by atoms with Gasteiger partial charge in [0.15, 0.2) is 6.61 Å². The Morgan fingerprint density at radius 2 is 1.61 bits per heavy atom. The Bertz CT molecular complexity index is 1070. The fourth-order valence-electron chi connectivity index (χ4n) is 3.33. The second-order valence-electron chi connectivity index (χ2n) is 7.28. The molecule has 0 aromatic heterocycles. The van der Waals surface area contributed by atoms with Crippen molar-refractivity contribution >= 4 is 35.0 Å². The van der Waals surface area contributed by atoms with Gasteiger partial charge in [-0.2, -0.15) is 0 Å². The maximum atomic E-state index is 13.3. The van der Waals surface area contributed by atoms with Crippen LogP contribution < -0.4 is 10.1 Å². The molecule has 1 N–H and O–H groups in total. The van der Waals surface area contributed by atoms with Crippen molar-refractivity contribution in [2.24, 2.45) is 0 Å². The van der Waals surface area contributed by atoms with Gasteiger partial charge in [-0.1, -0.05) is 59.6 Å². The summed E-state index contributed by atoms with van der Waals surface area (Å²) in [6.45, 7) is -0.342. The van der Waals surface area contributed by atoms with Crippen molar-refractivity contribution in [1.29, 1.82) is 0 Å². The van der Waals surface area contributed by atoms with E-state index in [1.165, 1.54) is 36.2 Å². The predicted molar refractivity (Wildman–Crippen MR) is 127 cm³/mol. The van der Waals surface area contributed by atoms with Gasteiger partial charge in [0.25, 0.3) is 5.91 Å². The Hall–Kier alpha value is -3.09. The van der Waals surface area contributed by atoms with Crippen LogP contribution in [0.4, 0.5) is 4.39 Å². The van der Waals surface area contributed by atoms with Crippen LogP contribution in [0, 0.1) is 5.82 Å². The molecule has 8 heteroatoms. The zero-order valence-corrected chi connectivity index (χ0v) is 19.4. The Morgan fingerprint density at radius 1 is 0.970 bits per heavy atom. The van der Waals surface area contributed by atoms with Crippen LogP contribution in [0.5, 0.6) is 5.75 Å². The summed E-state index contributed by atoms with van der Waals surface area (Å²) in [6.07, 6.45) is 0.283. The smallest absolute Gasteiger partial charge is 0.261 e. The molecule has 0 spiro atoms. The molecule has 33 heavy (non-hydrogen) atoms. The maximum absolute atomic E-state index is 13.3. The lowest BCUT2D eigenvalue weighted by atomic mass is 10.0. The number of nitrogens with zero attached hydrogens (tertiary/aromatic N) is 1. The van der Waals surface area contributed by atoms with E-state index in [1.54, 1.807) is 18.2 Å². The molecular weight excluding hydrogens is 466 g/mol. The van der Waals surface area contributed by atoms with Gasteiger partial charge in [-0.3, -0.25) is 9.59 Å². The van der Waals surface area contributed by atoms with E-state index >= 15 is 0 Å². The molecule has 3 rings (SSSR count). The summed E-state index contributed by atoms with van der Waals surface area (Å²) in [6, 6.07) is 18.9. The highest BCUT2D eigenvalue weighted by Gasteiger charge is 2.31. The number of nitrogens with one attached hydrogen (secondary N) is 1. The molecule has 0 fully saturated rings. The van der Waals surface area contributed by atoms with Gasteiger partial charge >= 0.3 is 0 Å². The van der Waals surface area contributed by atoms with Crippen LogP contribution in [0.2, 0.25) is 10.0 Å². The summed E-state index contributed by atoms with van der Waals surface area (Å²) in [7, 11) is 1.51. The fraction of sp³-hybridized carbons (Fsp3) is 0.200. The average Bonchev–Trinajstić information content (AvgIpc) is 2.82. The Morgan fingerprint density at radius 3 is 2.21 bits per heavy atom. The van der Waals surface area contributed by atoms with Crippen molar-refractivity contribution in [2.45, 2.75) is 19.0 Å². The van der Waals surface area contributed by atoms with E-state index in [1.807, 2.05) is 30.3 Å². The van der Waals surface area contributed by atoms with Gasteiger partial charge in [0, 0.05) is 35.6 Å². The zero-order valence-electron chi connectivity index (χ0n) is 17.9. The van der Waals surface area contributed by atoms with Crippen LogP contribution in [0.3, 0.4) is 0 Å². The molecule has 0 aliphatic heterocycles. The maximum Gasteiger partial charge on any atom is 0.261 e. The molecule has 0 saturated carbocycles. The number of carbonyl (C=O) groups is 2. The fourth-order valence-corrected chi connectivity index (χ4v) is 3.85. The van der Waals surface area contributed by atoms with Crippen LogP contribution in [0.25, 0.3) is 0 Å².